The molecule has 1 saturated heterocycles. The molecule has 1 amide bonds. The molecule has 0 aromatic heterocycles. The molecule has 29 heavy (non-hydrogen) atoms. The molecule has 0 saturated carbocycles. The minimum atomic E-state index is -0.433. The fourth-order valence-electron chi connectivity index (χ4n) is 3.67. The van der Waals surface area contributed by atoms with E-state index in [2.05, 4.69) is 46.3 Å². The Labute approximate surface area is 177 Å². The average Bonchev–Trinajstić information content (AvgIpc) is 2.71. The lowest BCUT2D eigenvalue weighted by Gasteiger charge is -2.36. The van der Waals surface area contributed by atoms with Crippen LogP contribution in [0.2, 0.25) is 5.02 Å². The van der Waals surface area contributed by atoms with E-state index in [9.17, 15) is 9.18 Å². The summed E-state index contributed by atoms with van der Waals surface area (Å²) in [6.45, 7) is 7.99. The molecule has 0 unspecified atom stereocenters. The maximum absolute atomic E-state index is 13.7. The van der Waals surface area contributed by atoms with Crippen molar-refractivity contribution in [3.8, 4) is 0 Å². The van der Waals surface area contributed by atoms with Crippen molar-refractivity contribution >= 4 is 23.2 Å². The van der Waals surface area contributed by atoms with Gasteiger partial charge >= 0.3 is 0 Å². The van der Waals surface area contributed by atoms with Gasteiger partial charge in [-0.2, -0.15) is 0 Å². The summed E-state index contributed by atoms with van der Waals surface area (Å²) in [4.78, 5) is 16.9. The molecule has 1 N–H and O–H groups in total. The molecule has 3 rings (SSSR count). The summed E-state index contributed by atoms with van der Waals surface area (Å²) >= 11 is 5.97. The molecule has 1 aliphatic heterocycles. The lowest BCUT2D eigenvalue weighted by Crippen LogP contribution is -2.46. The molecule has 0 spiro atoms. The molecule has 0 aliphatic carbocycles. The number of rotatable bonds is 8. The van der Waals surface area contributed by atoms with Crippen molar-refractivity contribution in [2.75, 3.05) is 44.2 Å². The highest BCUT2D eigenvalue weighted by molar-refractivity contribution is 6.31. The number of nitrogens with zero attached hydrogens (tertiary/aromatic N) is 2. The van der Waals surface area contributed by atoms with Crippen molar-refractivity contribution < 1.29 is 9.18 Å². The zero-order chi connectivity index (χ0) is 20.6. The van der Waals surface area contributed by atoms with Gasteiger partial charge in [-0.1, -0.05) is 29.8 Å². The highest BCUT2D eigenvalue weighted by Crippen LogP contribution is 2.19. The molecule has 4 nitrogen and oxygen atoms in total. The number of halogens is 2. The minimum absolute atomic E-state index is 0.0214. The van der Waals surface area contributed by atoms with Gasteiger partial charge in [0, 0.05) is 49.0 Å². The van der Waals surface area contributed by atoms with Gasteiger partial charge in [-0.15, -0.1) is 0 Å². The van der Waals surface area contributed by atoms with Gasteiger partial charge in [0.15, 0.2) is 0 Å². The average molecular weight is 418 g/mol. The van der Waals surface area contributed by atoms with Crippen molar-refractivity contribution in [3.63, 3.8) is 0 Å². The normalized spacial score (nSPS) is 14.8. The summed E-state index contributed by atoms with van der Waals surface area (Å²) in [5.74, 6) is -0.624. The van der Waals surface area contributed by atoms with Crippen molar-refractivity contribution in [3.05, 3.63) is 64.4 Å². The summed E-state index contributed by atoms with van der Waals surface area (Å²) in [6.07, 6.45) is 1.92. The summed E-state index contributed by atoms with van der Waals surface area (Å²) in [5, 5.41) is 3.16. The maximum Gasteiger partial charge on any atom is 0.224 e. The number of benzene rings is 2. The monoisotopic (exact) mass is 417 g/mol. The number of piperazine rings is 1. The molecule has 1 aliphatic rings. The van der Waals surface area contributed by atoms with Crippen LogP contribution in [0.1, 0.15) is 24.0 Å². The van der Waals surface area contributed by atoms with Crippen molar-refractivity contribution in [2.24, 2.45) is 0 Å². The predicted molar refractivity (Wildman–Crippen MR) is 117 cm³/mol. The van der Waals surface area contributed by atoms with Crippen LogP contribution in [-0.4, -0.2) is 50.1 Å². The molecular weight excluding hydrogens is 389 g/mol. The zero-order valence-corrected chi connectivity index (χ0v) is 17.7. The topological polar surface area (TPSA) is 35.6 Å². The van der Waals surface area contributed by atoms with Crippen LogP contribution in [0.15, 0.2) is 42.5 Å². The number of carbonyl (C=O) groups is 1. The van der Waals surface area contributed by atoms with Crippen molar-refractivity contribution in [1.29, 1.82) is 0 Å². The van der Waals surface area contributed by atoms with Gasteiger partial charge in [0.25, 0.3) is 0 Å². The van der Waals surface area contributed by atoms with Crippen molar-refractivity contribution in [2.45, 2.75) is 26.2 Å². The first kappa shape index (κ1) is 21.6. The van der Waals surface area contributed by atoms with E-state index in [4.69, 9.17) is 11.6 Å². The van der Waals surface area contributed by atoms with E-state index in [0.717, 1.165) is 45.6 Å². The van der Waals surface area contributed by atoms with Gasteiger partial charge in [0.05, 0.1) is 6.42 Å². The Morgan fingerprint density at radius 1 is 1.10 bits per heavy atom. The van der Waals surface area contributed by atoms with E-state index >= 15 is 0 Å². The predicted octanol–water partition coefficient (Wildman–Crippen LogP) is 4.05. The van der Waals surface area contributed by atoms with Crippen LogP contribution >= 0.6 is 11.6 Å². The Bertz CT molecular complexity index is 801. The number of unbranched alkanes of at least 4 members (excludes halogenated alkanes) is 1. The molecule has 2 aromatic rings. The van der Waals surface area contributed by atoms with E-state index in [1.165, 1.54) is 17.3 Å². The Morgan fingerprint density at radius 3 is 2.59 bits per heavy atom. The number of hydrogen-bond donors (Lipinski definition) is 1. The Kier molecular flexibility index (Phi) is 7.90. The quantitative estimate of drug-likeness (QED) is 0.658. The van der Waals surface area contributed by atoms with Crippen LogP contribution in [0.3, 0.4) is 0 Å². The smallest absolute Gasteiger partial charge is 0.224 e. The van der Waals surface area contributed by atoms with Crippen LogP contribution in [0.5, 0.6) is 0 Å². The zero-order valence-electron chi connectivity index (χ0n) is 17.0. The van der Waals surface area contributed by atoms with Crippen LogP contribution < -0.4 is 10.2 Å². The number of amides is 1. The first-order valence-electron chi connectivity index (χ1n) is 10.3. The highest BCUT2D eigenvalue weighted by atomic mass is 35.5. The van der Waals surface area contributed by atoms with Crippen LogP contribution in [0, 0.1) is 12.7 Å². The largest absolute Gasteiger partial charge is 0.369 e. The molecule has 1 fully saturated rings. The fraction of sp³-hybridized carbons (Fsp3) is 0.435. The lowest BCUT2D eigenvalue weighted by molar-refractivity contribution is -0.120. The Morgan fingerprint density at radius 2 is 1.86 bits per heavy atom. The Balaban J connectivity index is 1.30. The summed E-state index contributed by atoms with van der Waals surface area (Å²) in [6, 6.07) is 13.1. The van der Waals surface area contributed by atoms with E-state index in [0.29, 0.717) is 11.6 Å². The standard InChI is InChI=1S/C23H29ClFN3O/c1-18-6-4-7-19(16-18)28-14-12-27(13-15-28)11-3-2-10-26-23(29)17-20-21(24)8-5-9-22(20)25/h4-9,16H,2-3,10-15,17H2,1H3,(H,26,29). The van der Waals surface area contributed by atoms with Gasteiger partial charge < -0.3 is 10.2 Å². The molecule has 0 bridgehead atoms. The summed E-state index contributed by atoms with van der Waals surface area (Å²) in [5.41, 5.74) is 2.87. The molecule has 1 heterocycles. The second kappa shape index (κ2) is 10.6. The van der Waals surface area contributed by atoms with Gasteiger partial charge in [0.2, 0.25) is 5.91 Å². The second-order valence-corrected chi connectivity index (χ2v) is 8.01. The van der Waals surface area contributed by atoms with Crippen LogP contribution in [0.4, 0.5) is 10.1 Å². The third-order valence-corrected chi connectivity index (χ3v) is 5.72. The number of anilines is 1. The van der Waals surface area contributed by atoms with E-state index < -0.39 is 5.82 Å². The number of carbonyl (C=O) groups excluding carboxylic acids is 1. The van der Waals surface area contributed by atoms with E-state index in [1.807, 2.05) is 0 Å². The van der Waals surface area contributed by atoms with E-state index in [1.54, 1.807) is 12.1 Å². The first-order chi connectivity index (χ1) is 14.0. The summed E-state index contributed by atoms with van der Waals surface area (Å²) < 4.78 is 13.7. The fourth-order valence-corrected chi connectivity index (χ4v) is 3.90. The SMILES string of the molecule is Cc1cccc(N2CCN(CCCCNC(=O)Cc3c(F)cccc3Cl)CC2)c1. The van der Waals surface area contributed by atoms with E-state index in [-0.39, 0.29) is 17.9 Å². The molecule has 156 valence electrons. The number of hydrogen-bond acceptors (Lipinski definition) is 3. The van der Waals surface area contributed by atoms with Gasteiger partial charge in [-0.25, -0.2) is 4.39 Å². The maximum atomic E-state index is 13.7. The number of nitrogens with one attached hydrogen (secondary N) is 1. The van der Waals surface area contributed by atoms with Crippen LogP contribution in [0.25, 0.3) is 0 Å². The van der Waals surface area contributed by atoms with Gasteiger partial charge in [-0.3, -0.25) is 9.69 Å². The van der Waals surface area contributed by atoms with Gasteiger partial charge in [0.1, 0.15) is 5.82 Å². The first-order valence-corrected chi connectivity index (χ1v) is 10.6. The second-order valence-electron chi connectivity index (χ2n) is 7.60. The van der Waals surface area contributed by atoms with Gasteiger partial charge in [-0.05, 0) is 56.1 Å². The third kappa shape index (κ3) is 6.44. The van der Waals surface area contributed by atoms with Crippen molar-refractivity contribution in [1.82, 2.24) is 10.2 Å². The molecule has 0 radical (unpaired) electrons. The highest BCUT2D eigenvalue weighted by Gasteiger charge is 2.17. The molecule has 0 atom stereocenters. The summed E-state index contributed by atoms with van der Waals surface area (Å²) in [7, 11) is 0. The Hall–Kier alpha value is -2.11. The molecule has 6 heteroatoms. The lowest BCUT2D eigenvalue weighted by atomic mass is 10.1. The van der Waals surface area contributed by atoms with Crippen LogP contribution in [-0.2, 0) is 11.2 Å². The molecular formula is C23H29ClFN3O. The number of aryl methyl sites for hydroxylation is 1. The minimum Gasteiger partial charge on any atom is -0.369 e. The molecule has 2 aromatic carbocycles. The third-order valence-electron chi connectivity index (χ3n) is 5.36.